The highest BCUT2D eigenvalue weighted by atomic mass is 16.7. The molecule has 0 amide bonds. The molecule has 0 unspecified atom stereocenters. The van der Waals surface area contributed by atoms with E-state index in [9.17, 15) is 19.2 Å². The van der Waals surface area contributed by atoms with E-state index in [-0.39, 0.29) is 48.6 Å². The van der Waals surface area contributed by atoms with E-state index in [1.54, 1.807) is 26.8 Å². The van der Waals surface area contributed by atoms with Crippen molar-refractivity contribution >= 4 is 24.4 Å². The predicted octanol–water partition coefficient (Wildman–Crippen LogP) is 5.17. The van der Waals surface area contributed by atoms with E-state index >= 15 is 0 Å². The molecule has 0 aliphatic carbocycles. The van der Waals surface area contributed by atoms with Crippen LogP contribution < -0.4 is 15.2 Å². The highest BCUT2D eigenvalue weighted by Crippen LogP contribution is 2.30. The first-order valence-electron chi connectivity index (χ1n) is 13.0. The van der Waals surface area contributed by atoms with Gasteiger partial charge in [0.1, 0.15) is 18.2 Å². The van der Waals surface area contributed by atoms with E-state index in [0.717, 1.165) is 0 Å². The Kier molecular flexibility index (Phi) is 13.2. The molecule has 0 bridgehead atoms. The van der Waals surface area contributed by atoms with Crippen LogP contribution in [0.2, 0.25) is 0 Å². The Morgan fingerprint density at radius 2 is 1.25 bits per heavy atom. The number of ether oxygens (including phenoxy) is 7. The van der Waals surface area contributed by atoms with E-state index in [4.69, 9.17) is 38.9 Å². The molecule has 0 saturated carbocycles. The van der Waals surface area contributed by atoms with Crippen LogP contribution in [-0.4, -0.2) is 62.5 Å². The smallest absolute Gasteiger partial charge is 0.458 e. The second kappa shape index (κ2) is 15.3. The first-order valence-corrected chi connectivity index (χ1v) is 13.0. The summed E-state index contributed by atoms with van der Waals surface area (Å²) in [6, 6.07) is 3.22. The molecule has 0 fully saturated rings. The molecule has 0 radical (unpaired) electrons. The first kappa shape index (κ1) is 34.5. The minimum atomic E-state index is -1.11. The topological polar surface area (TPSA) is 159 Å². The molecule has 1 aromatic rings. The Labute approximate surface area is 235 Å². The van der Waals surface area contributed by atoms with Gasteiger partial charge in [0, 0.05) is 0 Å². The van der Waals surface area contributed by atoms with Crippen LogP contribution in [0.5, 0.6) is 11.5 Å². The number of carbonyl (C=O) groups excluding carboxylic acids is 4. The summed E-state index contributed by atoms with van der Waals surface area (Å²) < 4.78 is 35.9. The molecule has 0 aliphatic rings. The average molecular weight is 570 g/mol. The highest BCUT2D eigenvalue weighted by molar-refractivity contribution is 5.76. The fourth-order valence-corrected chi connectivity index (χ4v) is 2.74. The van der Waals surface area contributed by atoms with Gasteiger partial charge in [0.25, 0.3) is 0 Å². The number of hydrogen-bond donors (Lipinski definition) is 1. The first-order chi connectivity index (χ1) is 18.4. The van der Waals surface area contributed by atoms with Crippen molar-refractivity contribution in [3.05, 3.63) is 23.8 Å². The van der Waals surface area contributed by atoms with Crippen LogP contribution in [0.15, 0.2) is 18.2 Å². The maximum atomic E-state index is 12.6. The van der Waals surface area contributed by atoms with Gasteiger partial charge in [0.2, 0.25) is 0 Å². The largest absolute Gasteiger partial charge is 0.513 e. The van der Waals surface area contributed by atoms with Gasteiger partial charge in [-0.25, -0.2) is 14.4 Å². The average Bonchev–Trinajstić information content (AvgIpc) is 2.82. The summed E-state index contributed by atoms with van der Waals surface area (Å²) in [5.74, 6) is -0.968. The minimum absolute atomic E-state index is 0.0131. The Hall–Kier alpha value is -3.54. The number of carbonyl (C=O) groups is 4. The molecule has 0 aromatic heterocycles. The molecule has 40 heavy (non-hydrogen) atoms. The van der Waals surface area contributed by atoms with E-state index < -0.39 is 42.7 Å². The van der Waals surface area contributed by atoms with Crippen molar-refractivity contribution < 1.29 is 52.3 Å². The van der Waals surface area contributed by atoms with Gasteiger partial charge in [-0.3, -0.25) is 4.79 Å². The summed E-state index contributed by atoms with van der Waals surface area (Å²) in [5.41, 5.74) is 5.93. The van der Waals surface area contributed by atoms with Crippen LogP contribution in [0.1, 0.15) is 67.9 Å². The third kappa shape index (κ3) is 14.0. The summed E-state index contributed by atoms with van der Waals surface area (Å²) in [4.78, 5) is 48.6. The summed E-state index contributed by atoms with van der Waals surface area (Å²) >= 11 is 0. The van der Waals surface area contributed by atoms with Crippen LogP contribution >= 0.6 is 0 Å². The molecule has 12 nitrogen and oxygen atoms in total. The molecular formula is C28H43NO11. The zero-order chi connectivity index (χ0) is 30.7. The Morgan fingerprint density at radius 3 is 1.75 bits per heavy atom. The van der Waals surface area contributed by atoms with Crippen LogP contribution in [0, 0.1) is 10.8 Å². The zero-order valence-electron chi connectivity index (χ0n) is 24.9. The second-order valence-corrected chi connectivity index (χ2v) is 11.6. The fraction of sp³-hybridized carbons (Fsp3) is 0.643. The third-order valence-corrected chi connectivity index (χ3v) is 4.91. The van der Waals surface area contributed by atoms with E-state index in [0.29, 0.717) is 5.56 Å². The molecule has 0 spiro atoms. The lowest BCUT2D eigenvalue weighted by Gasteiger charge is -2.22. The molecule has 1 aromatic carbocycles. The van der Waals surface area contributed by atoms with Crippen molar-refractivity contribution in [1.82, 2.24) is 0 Å². The molecule has 3 atom stereocenters. The molecule has 0 heterocycles. The van der Waals surface area contributed by atoms with E-state index in [1.165, 1.54) is 12.1 Å². The maximum Gasteiger partial charge on any atom is 0.513 e. The summed E-state index contributed by atoms with van der Waals surface area (Å²) in [6.45, 7) is 16.4. The number of nitrogens with two attached hydrogens (primary N) is 1. The third-order valence-electron chi connectivity index (χ3n) is 4.91. The summed E-state index contributed by atoms with van der Waals surface area (Å²) in [5, 5.41) is 0. The lowest BCUT2D eigenvalue weighted by atomic mass is 9.99. The lowest BCUT2D eigenvalue weighted by Crippen LogP contribution is -2.39. The lowest BCUT2D eigenvalue weighted by molar-refractivity contribution is -0.155. The van der Waals surface area contributed by atoms with Crippen LogP contribution in [0.25, 0.3) is 0 Å². The fourth-order valence-electron chi connectivity index (χ4n) is 2.74. The quantitative estimate of drug-likeness (QED) is 0.212. The zero-order valence-corrected chi connectivity index (χ0v) is 24.9. The Balaban J connectivity index is 2.98. The van der Waals surface area contributed by atoms with Gasteiger partial charge in [-0.1, -0.05) is 47.6 Å². The van der Waals surface area contributed by atoms with E-state index in [2.05, 4.69) is 0 Å². The van der Waals surface area contributed by atoms with Crippen molar-refractivity contribution in [2.24, 2.45) is 16.6 Å². The van der Waals surface area contributed by atoms with Gasteiger partial charge in [-0.2, -0.15) is 0 Å². The molecule has 226 valence electrons. The van der Waals surface area contributed by atoms with Gasteiger partial charge in [0.15, 0.2) is 11.5 Å². The van der Waals surface area contributed by atoms with Crippen molar-refractivity contribution in [2.45, 2.75) is 87.0 Å². The van der Waals surface area contributed by atoms with Crippen LogP contribution in [0.4, 0.5) is 14.4 Å². The van der Waals surface area contributed by atoms with Crippen LogP contribution in [-0.2, 0) is 34.9 Å². The second-order valence-electron chi connectivity index (χ2n) is 11.6. The van der Waals surface area contributed by atoms with Crippen molar-refractivity contribution in [3.8, 4) is 11.5 Å². The van der Waals surface area contributed by atoms with Gasteiger partial charge >= 0.3 is 24.4 Å². The number of esters is 1. The minimum Gasteiger partial charge on any atom is -0.458 e. The predicted molar refractivity (Wildman–Crippen MR) is 144 cm³/mol. The molecule has 2 N–H and O–H groups in total. The van der Waals surface area contributed by atoms with Crippen molar-refractivity contribution in [2.75, 3.05) is 19.8 Å². The molecule has 0 aliphatic heterocycles. The SMILES string of the molecule is CCOC(=O)O[C@@H](C)[C@H](C)OC(=O)[C@@H](N)Cc1ccc(OC(=O)OCC(C)(C)C)c(OC(=O)OCC(C)(C)C)c1. The van der Waals surface area contributed by atoms with Gasteiger partial charge < -0.3 is 38.9 Å². The standard InChI is InChI=1S/C28H43NO11/c1-10-34-24(31)38-18(3)17(2)37-23(30)20(29)13-19-11-12-21(39-25(32)35-15-27(4,5)6)22(14-19)40-26(33)36-16-28(7,8)9/h11-12,14,17-18,20H,10,13,15-16,29H2,1-9H3/t17-,18-,20-/m0/s1. The Bertz CT molecular complexity index is 1010. The van der Waals surface area contributed by atoms with Gasteiger partial charge in [-0.05, 0) is 55.7 Å². The monoisotopic (exact) mass is 569 g/mol. The number of hydrogen-bond acceptors (Lipinski definition) is 12. The molecule has 1 rings (SSSR count). The van der Waals surface area contributed by atoms with E-state index in [1.807, 2.05) is 41.5 Å². The normalized spacial score (nSPS) is 13.8. The molecular weight excluding hydrogens is 526 g/mol. The van der Waals surface area contributed by atoms with Gasteiger partial charge in [-0.15, -0.1) is 0 Å². The highest BCUT2D eigenvalue weighted by Gasteiger charge is 2.26. The van der Waals surface area contributed by atoms with Crippen LogP contribution in [0.3, 0.4) is 0 Å². The van der Waals surface area contributed by atoms with Crippen molar-refractivity contribution in [3.63, 3.8) is 0 Å². The summed E-state index contributed by atoms with van der Waals surface area (Å²) in [7, 11) is 0. The van der Waals surface area contributed by atoms with Gasteiger partial charge in [0.05, 0.1) is 19.8 Å². The molecule has 12 heteroatoms. The molecule has 0 saturated heterocycles. The van der Waals surface area contributed by atoms with Crippen molar-refractivity contribution in [1.29, 1.82) is 0 Å². The maximum absolute atomic E-state index is 12.6. The summed E-state index contributed by atoms with van der Waals surface area (Å²) in [6.07, 6.45) is -4.45. The number of rotatable bonds is 11. The number of benzene rings is 1. The Morgan fingerprint density at radius 1 is 0.750 bits per heavy atom.